The van der Waals surface area contributed by atoms with Gasteiger partial charge in [0.15, 0.2) is 0 Å². The second-order valence-corrected chi connectivity index (χ2v) is 4.02. The van der Waals surface area contributed by atoms with Gasteiger partial charge in [-0.2, -0.15) is 0 Å². The monoisotopic (exact) mass is 214 g/mol. The van der Waals surface area contributed by atoms with Crippen molar-refractivity contribution in [3.05, 3.63) is 0 Å². The molecule has 0 saturated carbocycles. The van der Waals surface area contributed by atoms with E-state index in [1.807, 2.05) is 0 Å². The van der Waals surface area contributed by atoms with Crippen LogP contribution in [0.1, 0.15) is 20.3 Å². The highest BCUT2D eigenvalue weighted by atomic mass is 35.5. The van der Waals surface area contributed by atoms with Crippen LogP contribution in [0, 0.1) is 0 Å². The first-order valence-electron chi connectivity index (χ1n) is 3.48. The topological polar surface area (TPSA) is 46.5 Å². The van der Waals surface area contributed by atoms with Gasteiger partial charge in [0, 0.05) is 0 Å². The van der Waals surface area contributed by atoms with Crippen molar-refractivity contribution < 1.29 is 14.6 Å². The predicted octanol–water partition coefficient (Wildman–Crippen LogP) is 1.49. The van der Waals surface area contributed by atoms with Gasteiger partial charge in [-0.3, -0.25) is 0 Å². The molecule has 0 radical (unpaired) electrons. The Morgan fingerprint density at radius 3 is 2.25 bits per heavy atom. The Balaban J connectivity index is 4.71. The predicted molar refractivity (Wildman–Crippen MR) is 47.4 cm³/mol. The number of aliphatic hydroxyl groups is 1. The third-order valence-electron chi connectivity index (χ3n) is 1.81. The minimum atomic E-state index is -1.91. The van der Waals surface area contributed by atoms with E-state index in [4.69, 9.17) is 23.2 Å². The molecule has 0 spiro atoms. The van der Waals surface area contributed by atoms with Crippen LogP contribution in [0.2, 0.25) is 0 Å². The molecule has 1 atom stereocenters. The standard InChI is InChI=1S/C7H12Cl2O3/c1-4-6(2,11)7(8,9)5(10)12-3/h11H,4H2,1-3H3. The van der Waals surface area contributed by atoms with Crippen LogP contribution in [0.4, 0.5) is 0 Å². The third kappa shape index (κ3) is 2.03. The Morgan fingerprint density at radius 2 is 2.00 bits per heavy atom. The number of methoxy groups -OCH3 is 1. The van der Waals surface area contributed by atoms with Gasteiger partial charge in [-0.15, -0.1) is 0 Å². The number of carbonyl (C=O) groups is 1. The minimum Gasteiger partial charge on any atom is -0.467 e. The minimum absolute atomic E-state index is 0.259. The zero-order valence-corrected chi connectivity index (χ0v) is 8.74. The number of hydrogen-bond donors (Lipinski definition) is 1. The van der Waals surface area contributed by atoms with Crippen molar-refractivity contribution in [1.29, 1.82) is 0 Å². The van der Waals surface area contributed by atoms with Crippen LogP contribution in [0.5, 0.6) is 0 Å². The maximum atomic E-state index is 11.0. The summed E-state index contributed by atoms with van der Waals surface area (Å²) in [6.07, 6.45) is 0.259. The molecule has 0 aromatic heterocycles. The van der Waals surface area contributed by atoms with E-state index in [0.717, 1.165) is 7.11 Å². The van der Waals surface area contributed by atoms with E-state index in [1.54, 1.807) is 6.92 Å². The zero-order valence-electron chi connectivity index (χ0n) is 7.23. The lowest BCUT2D eigenvalue weighted by molar-refractivity contribution is -0.147. The molecule has 0 bridgehead atoms. The molecule has 0 aliphatic carbocycles. The van der Waals surface area contributed by atoms with Gasteiger partial charge in [-0.1, -0.05) is 30.1 Å². The molecule has 3 nitrogen and oxygen atoms in total. The van der Waals surface area contributed by atoms with E-state index in [-0.39, 0.29) is 6.42 Å². The zero-order chi connectivity index (χ0) is 9.99. The highest BCUT2D eigenvalue weighted by Crippen LogP contribution is 2.37. The van der Waals surface area contributed by atoms with Gasteiger partial charge in [0.2, 0.25) is 4.33 Å². The van der Waals surface area contributed by atoms with Gasteiger partial charge < -0.3 is 9.84 Å². The van der Waals surface area contributed by atoms with Gasteiger partial charge in [0.05, 0.1) is 7.11 Å². The summed E-state index contributed by atoms with van der Waals surface area (Å²) in [5.41, 5.74) is -1.48. The van der Waals surface area contributed by atoms with Gasteiger partial charge in [0.1, 0.15) is 5.60 Å². The Bertz CT molecular complexity index is 177. The summed E-state index contributed by atoms with van der Waals surface area (Å²) in [5, 5.41) is 9.59. The van der Waals surface area contributed by atoms with Crippen LogP contribution in [0.3, 0.4) is 0 Å². The molecule has 0 rings (SSSR count). The highest BCUT2D eigenvalue weighted by molar-refractivity contribution is 6.58. The molecule has 0 heterocycles. The van der Waals surface area contributed by atoms with Crippen LogP contribution < -0.4 is 0 Å². The van der Waals surface area contributed by atoms with E-state index in [1.165, 1.54) is 6.92 Å². The summed E-state index contributed by atoms with van der Waals surface area (Å²) in [6, 6.07) is 0. The van der Waals surface area contributed by atoms with Gasteiger partial charge in [0.25, 0.3) is 0 Å². The maximum absolute atomic E-state index is 11.0. The summed E-state index contributed by atoms with van der Waals surface area (Å²) in [4.78, 5) is 11.0. The summed E-state index contributed by atoms with van der Waals surface area (Å²) in [5.74, 6) is -0.849. The second kappa shape index (κ2) is 3.81. The first-order chi connectivity index (χ1) is 5.29. The number of hydrogen-bond acceptors (Lipinski definition) is 3. The molecule has 0 aliphatic rings. The summed E-state index contributed by atoms with van der Waals surface area (Å²) in [7, 11) is 1.16. The molecular weight excluding hydrogens is 203 g/mol. The molecule has 0 saturated heterocycles. The van der Waals surface area contributed by atoms with E-state index >= 15 is 0 Å². The highest BCUT2D eigenvalue weighted by Gasteiger charge is 2.50. The van der Waals surface area contributed by atoms with Crippen molar-refractivity contribution in [2.45, 2.75) is 30.2 Å². The van der Waals surface area contributed by atoms with Gasteiger partial charge >= 0.3 is 5.97 Å². The first-order valence-corrected chi connectivity index (χ1v) is 4.23. The third-order valence-corrected chi connectivity index (χ3v) is 2.93. The largest absolute Gasteiger partial charge is 0.467 e. The lowest BCUT2D eigenvalue weighted by atomic mass is 9.98. The van der Waals surface area contributed by atoms with Crippen molar-refractivity contribution in [3.8, 4) is 0 Å². The van der Waals surface area contributed by atoms with Crippen LogP contribution in [0.25, 0.3) is 0 Å². The normalized spacial score (nSPS) is 16.8. The second-order valence-electron chi connectivity index (χ2n) is 2.69. The fourth-order valence-electron chi connectivity index (χ4n) is 0.570. The van der Waals surface area contributed by atoms with Gasteiger partial charge in [-0.05, 0) is 13.3 Å². The lowest BCUT2D eigenvalue weighted by Gasteiger charge is -2.32. The maximum Gasteiger partial charge on any atom is 0.345 e. The fraction of sp³-hybridized carbons (Fsp3) is 0.857. The molecule has 12 heavy (non-hydrogen) atoms. The quantitative estimate of drug-likeness (QED) is 0.573. The number of alkyl halides is 2. The van der Waals surface area contributed by atoms with Crippen molar-refractivity contribution in [3.63, 3.8) is 0 Å². The molecule has 0 aromatic carbocycles. The Hall–Kier alpha value is 0.01000. The summed E-state index contributed by atoms with van der Waals surface area (Å²) < 4.78 is 2.43. The molecule has 72 valence electrons. The van der Waals surface area contributed by atoms with E-state index in [9.17, 15) is 9.90 Å². The summed E-state index contributed by atoms with van der Waals surface area (Å²) in [6.45, 7) is 3.05. The van der Waals surface area contributed by atoms with Crippen LogP contribution in [-0.4, -0.2) is 28.1 Å². The molecule has 1 N–H and O–H groups in total. The molecule has 0 amide bonds. The Labute approximate surface area is 81.6 Å². The van der Waals surface area contributed by atoms with E-state index in [2.05, 4.69) is 4.74 Å². The van der Waals surface area contributed by atoms with E-state index in [0.29, 0.717) is 0 Å². The first kappa shape index (κ1) is 12.0. The molecule has 0 aliphatic heterocycles. The molecule has 0 aromatic rings. The molecule has 5 heteroatoms. The molecule has 0 fully saturated rings. The SMILES string of the molecule is CCC(C)(O)C(Cl)(Cl)C(=O)OC. The summed E-state index contributed by atoms with van der Waals surface area (Å²) >= 11 is 11.2. The number of ether oxygens (including phenoxy) is 1. The van der Waals surface area contributed by atoms with Crippen LogP contribution in [-0.2, 0) is 9.53 Å². The number of rotatable bonds is 3. The van der Waals surface area contributed by atoms with Crippen molar-refractivity contribution in [2.75, 3.05) is 7.11 Å². The smallest absolute Gasteiger partial charge is 0.345 e. The van der Waals surface area contributed by atoms with Crippen molar-refractivity contribution in [2.24, 2.45) is 0 Å². The fourth-order valence-corrected chi connectivity index (χ4v) is 0.992. The number of carbonyl (C=O) groups excluding carboxylic acids is 1. The van der Waals surface area contributed by atoms with Crippen LogP contribution in [0.15, 0.2) is 0 Å². The van der Waals surface area contributed by atoms with Crippen molar-refractivity contribution in [1.82, 2.24) is 0 Å². The molecular formula is C7H12Cl2O3. The lowest BCUT2D eigenvalue weighted by Crippen LogP contribution is -2.49. The number of esters is 1. The number of halogens is 2. The average Bonchev–Trinajstić information content (AvgIpc) is 2.02. The van der Waals surface area contributed by atoms with Crippen molar-refractivity contribution >= 4 is 29.2 Å². The Morgan fingerprint density at radius 1 is 1.58 bits per heavy atom. The Kier molecular flexibility index (Phi) is 3.82. The molecule has 1 unspecified atom stereocenters. The average molecular weight is 215 g/mol. The van der Waals surface area contributed by atoms with E-state index < -0.39 is 15.9 Å². The van der Waals surface area contributed by atoms with Gasteiger partial charge in [-0.25, -0.2) is 4.79 Å². The van der Waals surface area contributed by atoms with Crippen LogP contribution >= 0.6 is 23.2 Å².